The number of aryl methyl sites for hydroxylation is 1. The number of carbonyl (C=O) groups excluding carboxylic acids is 1. The first-order valence-corrected chi connectivity index (χ1v) is 7.49. The van der Waals surface area contributed by atoms with E-state index < -0.39 is 0 Å². The molecule has 0 fully saturated rings. The molecule has 0 amide bonds. The van der Waals surface area contributed by atoms with Gasteiger partial charge >= 0.3 is 5.97 Å². The molecular weight excluding hydrogens is 296 g/mol. The van der Waals surface area contributed by atoms with Crippen LogP contribution in [0, 0.1) is 0 Å². The van der Waals surface area contributed by atoms with Crippen molar-refractivity contribution in [2.75, 3.05) is 28.4 Å². The molecule has 128 valence electrons. The molecule has 0 atom stereocenters. The average molecular weight is 322 g/mol. The highest BCUT2D eigenvalue weighted by atomic mass is 16.5. The molecule has 0 saturated carbocycles. The van der Waals surface area contributed by atoms with Gasteiger partial charge in [0.15, 0.2) is 11.5 Å². The zero-order chi connectivity index (χ0) is 17.4. The van der Waals surface area contributed by atoms with E-state index in [0.29, 0.717) is 36.5 Å². The Hall–Kier alpha value is -2.17. The molecule has 0 spiro atoms. The highest BCUT2D eigenvalue weighted by molar-refractivity contribution is 5.70. The third kappa shape index (κ3) is 4.91. The van der Waals surface area contributed by atoms with Gasteiger partial charge in [0.25, 0.3) is 0 Å². The predicted molar refractivity (Wildman–Crippen MR) is 89.6 cm³/mol. The topological polar surface area (TPSA) is 54.0 Å². The minimum atomic E-state index is -0.244. The van der Waals surface area contributed by atoms with Crippen LogP contribution < -0.4 is 14.2 Å². The lowest BCUT2D eigenvalue weighted by Gasteiger charge is -2.19. The molecule has 0 aliphatic heterocycles. The van der Waals surface area contributed by atoms with Gasteiger partial charge in [-0.1, -0.05) is 11.6 Å². The number of benzene rings is 1. The van der Waals surface area contributed by atoms with Crippen molar-refractivity contribution in [3.8, 4) is 17.2 Å². The van der Waals surface area contributed by atoms with Crippen LogP contribution in [0.5, 0.6) is 17.2 Å². The van der Waals surface area contributed by atoms with E-state index in [4.69, 9.17) is 18.9 Å². The molecule has 0 aromatic heterocycles. The standard InChI is InChI=1S/C18H26O5/c1-12(2)7-9-14-13(8-10-16(19)21-4)11-15(20-3)18(23-6)17(14)22-5/h7,11H,8-10H2,1-6H3. The molecule has 5 heteroatoms. The van der Waals surface area contributed by atoms with Crippen molar-refractivity contribution in [1.29, 1.82) is 0 Å². The second-order valence-electron chi connectivity index (χ2n) is 5.34. The average Bonchev–Trinajstić information content (AvgIpc) is 2.56. The third-order valence-electron chi connectivity index (χ3n) is 3.57. The van der Waals surface area contributed by atoms with Crippen LogP contribution in [0.25, 0.3) is 0 Å². The Balaban J connectivity index is 3.37. The summed E-state index contributed by atoms with van der Waals surface area (Å²) in [5, 5.41) is 0. The van der Waals surface area contributed by atoms with Crippen molar-refractivity contribution in [2.24, 2.45) is 0 Å². The number of methoxy groups -OCH3 is 4. The summed E-state index contributed by atoms with van der Waals surface area (Å²) in [4.78, 5) is 11.5. The van der Waals surface area contributed by atoms with Crippen LogP contribution >= 0.6 is 0 Å². The minimum absolute atomic E-state index is 0.244. The Morgan fingerprint density at radius 3 is 2.17 bits per heavy atom. The van der Waals surface area contributed by atoms with Gasteiger partial charge in [-0.15, -0.1) is 0 Å². The number of allylic oxidation sites excluding steroid dienone is 2. The number of hydrogen-bond donors (Lipinski definition) is 0. The van der Waals surface area contributed by atoms with Crippen molar-refractivity contribution in [2.45, 2.75) is 33.1 Å². The predicted octanol–water partition coefficient (Wildman–Crippen LogP) is 3.33. The Morgan fingerprint density at radius 1 is 1.04 bits per heavy atom. The summed E-state index contributed by atoms with van der Waals surface area (Å²) in [6.45, 7) is 4.09. The Morgan fingerprint density at radius 2 is 1.70 bits per heavy atom. The van der Waals surface area contributed by atoms with Gasteiger partial charge in [-0.25, -0.2) is 0 Å². The maximum Gasteiger partial charge on any atom is 0.305 e. The molecule has 1 aromatic rings. The zero-order valence-corrected chi connectivity index (χ0v) is 14.8. The van der Waals surface area contributed by atoms with Crippen LogP contribution in [0.2, 0.25) is 0 Å². The molecule has 5 nitrogen and oxygen atoms in total. The Bertz CT molecular complexity index is 571. The van der Waals surface area contributed by atoms with Crippen molar-refractivity contribution >= 4 is 5.97 Å². The van der Waals surface area contributed by atoms with Crippen LogP contribution in [0.15, 0.2) is 17.7 Å². The van der Waals surface area contributed by atoms with Crippen LogP contribution in [-0.2, 0) is 22.4 Å². The van der Waals surface area contributed by atoms with Crippen molar-refractivity contribution in [3.63, 3.8) is 0 Å². The second kappa shape index (κ2) is 9.08. The molecule has 0 N–H and O–H groups in total. The van der Waals surface area contributed by atoms with E-state index in [2.05, 4.69) is 6.08 Å². The van der Waals surface area contributed by atoms with Gasteiger partial charge in [-0.3, -0.25) is 4.79 Å². The first-order chi connectivity index (χ1) is 11.0. The van der Waals surface area contributed by atoms with Crippen LogP contribution in [0.4, 0.5) is 0 Å². The van der Waals surface area contributed by atoms with Gasteiger partial charge in [0, 0.05) is 12.0 Å². The fraction of sp³-hybridized carbons (Fsp3) is 0.500. The van der Waals surface area contributed by atoms with Crippen LogP contribution in [-0.4, -0.2) is 34.4 Å². The van der Waals surface area contributed by atoms with E-state index in [1.54, 1.807) is 21.3 Å². The van der Waals surface area contributed by atoms with Crippen molar-refractivity contribution < 1.29 is 23.7 Å². The molecule has 0 unspecified atom stereocenters. The molecule has 0 saturated heterocycles. The van der Waals surface area contributed by atoms with Gasteiger partial charge in [0.05, 0.1) is 28.4 Å². The molecule has 0 aliphatic rings. The van der Waals surface area contributed by atoms with Gasteiger partial charge in [-0.2, -0.15) is 0 Å². The van der Waals surface area contributed by atoms with E-state index in [1.165, 1.54) is 12.7 Å². The summed E-state index contributed by atoms with van der Waals surface area (Å²) < 4.78 is 21.1. The minimum Gasteiger partial charge on any atom is -0.493 e. The molecule has 0 aliphatic carbocycles. The SMILES string of the molecule is COC(=O)CCc1cc(OC)c(OC)c(OC)c1CC=C(C)C. The summed E-state index contributed by atoms with van der Waals surface area (Å²) >= 11 is 0. The smallest absolute Gasteiger partial charge is 0.305 e. The fourth-order valence-electron chi connectivity index (χ4n) is 2.36. The van der Waals surface area contributed by atoms with Gasteiger partial charge < -0.3 is 18.9 Å². The Kier molecular flexibility index (Phi) is 7.45. The molecule has 0 heterocycles. The van der Waals surface area contributed by atoms with Gasteiger partial charge in [0.2, 0.25) is 5.75 Å². The quantitative estimate of drug-likeness (QED) is 0.543. The zero-order valence-electron chi connectivity index (χ0n) is 14.8. The third-order valence-corrected chi connectivity index (χ3v) is 3.57. The summed E-state index contributed by atoms with van der Waals surface area (Å²) in [5.74, 6) is 1.55. The summed E-state index contributed by atoms with van der Waals surface area (Å²) in [6, 6.07) is 1.90. The highest BCUT2D eigenvalue weighted by Gasteiger charge is 2.20. The monoisotopic (exact) mass is 322 g/mol. The van der Waals surface area contributed by atoms with Crippen LogP contribution in [0.1, 0.15) is 31.4 Å². The lowest BCUT2D eigenvalue weighted by molar-refractivity contribution is -0.140. The largest absolute Gasteiger partial charge is 0.493 e. The molecule has 23 heavy (non-hydrogen) atoms. The van der Waals surface area contributed by atoms with Gasteiger partial charge in [0.1, 0.15) is 0 Å². The lowest BCUT2D eigenvalue weighted by atomic mass is 9.97. The van der Waals surface area contributed by atoms with Crippen molar-refractivity contribution in [1.82, 2.24) is 0 Å². The summed E-state index contributed by atoms with van der Waals surface area (Å²) in [6.07, 6.45) is 3.67. The number of esters is 1. The fourth-order valence-corrected chi connectivity index (χ4v) is 2.36. The number of ether oxygens (including phenoxy) is 4. The lowest BCUT2D eigenvalue weighted by Crippen LogP contribution is -2.07. The summed E-state index contributed by atoms with van der Waals surface area (Å²) in [7, 11) is 6.16. The molecule has 0 bridgehead atoms. The summed E-state index contributed by atoms with van der Waals surface area (Å²) in [5.41, 5.74) is 3.19. The van der Waals surface area contributed by atoms with Crippen molar-refractivity contribution in [3.05, 3.63) is 28.8 Å². The number of hydrogen-bond acceptors (Lipinski definition) is 5. The first kappa shape index (κ1) is 18.9. The number of rotatable bonds is 8. The molecular formula is C18H26O5. The van der Waals surface area contributed by atoms with E-state index >= 15 is 0 Å². The van der Waals surface area contributed by atoms with Crippen LogP contribution in [0.3, 0.4) is 0 Å². The molecule has 1 rings (SSSR count). The maximum atomic E-state index is 11.5. The van der Waals surface area contributed by atoms with E-state index in [0.717, 1.165) is 11.1 Å². The maximum absolute atomic E-state index is 11.5. The van der Waals surface area contributed by atoms with E-state index in [1.807, 2.05) is 19.9 Å². The molecule has 0 radical (unpaired) electrons. The highest BCUT2D eigenvalue weighted by Crippen LogP contribution is 2.42. The number of carbonyl (C=O) groups is 1. The van der Waals surface area contributed by atoms with E-state index in [-0.39, 0.29) is 5.97 Å². The molecule has 1 aromatic carbocycles. The van der Waals surface area contributed by atoms with E-state index in [9.17, 15) is 4.79 Å². The Labute approximate surface area is 138 Å². The normalized spacial score (nSPS) is 10.0. The second-order valence-corrected chi connectivity index (χ2v) is 5.34. The van der Waals surface area contributed by atoms with Gasteiger partial charge in [-0.05, 0) is 38.3 Å². The first-order valence-electron chi connectivity index (χ1n) is 7.49.